The molecule has 17 heavy (non-hydrogen) atoms. The van der Waals surface area contributed by atoms with Crippen LogP contribution in [0.5, 0.6) is 0 Å². The van der Waals surface area contributed by atoms with Gasteiger partial charge in [0.2, 0.25) is 0 Å². The fourth-order valence-electron chi connectivity index (χ4n) is 1.55. The second kappa shape index (κ2) is 4.33. The normalized spacial score (nSPS) is 10.6. The maximum Gasteiger partial charge on any atom is 0.325 e. The van der Waals surface area contributed by atoms with Gasteiger partial charge < -0.3 is 4.90 Å². The summed E-state index contributed by atoms with van der Waals surface area (Å²) >= 11 is 1.53. The zero-order valence-electron chi connectivity index (χ0n) is 10.4. The zero-order valence-corrected chi connectivity index (χ0v) is 11.2. The minimum Gasteiger partial charge on any atom is -0.330 e. The van der Waals surface area contributed by atoms with Gasteiger partial charge in [-0.15, -0.1) is 0 Å². The van der Waals surface area contributed by atoms with Crippen LogP contribution in [0.2, 0.25) is 0 Å². The molecule has 0 unspecified atom stereocenters. The lowest BCUT2D eigenvalue weighted by atomic mass is 10.2. The maximum absolute atomic E-state index is 11.8. The van der Waals surface area contributed by atoms with Crippen LogP contribution >= 0.6 is 11.3 Å². The summed E-state index contributed by atoms with van der Waals surface area (Å²) in [5, 5.41) is 0.726. The summed E-state index contributed by atoms with van der Waals surface area (Å²) in [5.41, 5.74) is 2.12. The molecule has 0 saturated carbocycles. The second-order valence-corrected chi connectivity index (χ2v) is 5.21. The molecule has 4 nitrogen and oxygen atoms in total. The third-order valence-electron chi connectivity index (χ3n) is 2.49. The number of amides is 2. The first kappa shape index (κ1) is 11.9. The number of aromatic nitrogens is 1. The lowest BCUT2D eigenvalue weighted by Gasteiger charge is -2.18. The number of carbonyl (C=O) groups excluding carboxylic acids is 1. The highest BCUT2D eigenvalue weighted by atomic mass is 32.1. The van der Waals surface area contributed by atoms with E-state index in [1.54, 1.807) is 26.0 Å². The molecule has 0 N–H and O–H groups in total. The molecule has 5 heteroatoms. The average molecular weight is 249 g/mol. The van der Waals surface area contributed by atoms with Crippen molar-refractivity contribution in [2.24, 2.45) is 0 Å². The van der Waals surface area contributed by atoms with E-state index in [0.29, 0.717) is 0 Å². The Morgan fingerprint density at radius 2 is 2.00 bits per heavy atom. The third kappa shape index (κ3) is 2.24. The van der Waals surface area contributed by atoms with Gasteiger partial charge in [0, 0.05) is 21.1 Å². The summed E-state index contributed by atoms with van der Waals surface area (Å²) in [7, 11) is 5.21. The van der Waals surface area contributed by atoms with Crippen LogP contribution in [-0.2, 0) is 0 Å². The van der Waals surface area contributed by atoms with Gasteiger partial charge in [-0.2, -0.15) is 0 Å². The van der Waals surface area contributed by atoms with E-state index in [-0.39, 0.29) is 6.03 Å². The van der Waals surface area contributed by atoms with E-state index in [1.807, 2.05) is 19.1 Å². The number of urea groups is 1. The van der Waals surface area contributed by atoms with Crippen molar-refractivity contribution in [2.75, 3.05) is 26.0 Å². The molecule has 0 aliphatic heterocycles. The van der Waals surface area contributed by atoms with E-state index in [9.17, 15) is 4.79 Å². The number of carbonyl (C=O) groups is 1. The summed E-state index contributed by atoms with van der Waals surface area (Å²) in [6.45, 7) is 2.03. The van der Waals surface area contributed by atoms with Gasteiger partial charge in [-0.3, -0.25) is 4.90 Å². The molecule has 0 fully saturated rings. The number of anilines is 1. The Balaban J connectivity index is 2.39. The minimum absolute atomic E-state index is 0.0687. The van der Waals surface area contributed by atoms with Crippen LogP contribution in [-0.4, -0.2) is 37.1 Å². The predicted molar refractivity (Wildman–Crippen MR) is 71.8 cm³/mol. The smallest absolute Gasteiger partial charge is 0.325 e. The highest BCUT2D eigenvalue weighted by Gasteiger charge is 2.16. The maximum atomic E-state index is 11.8. The molecule has 0 aliphatic rings. The van der Waals surface area contributed by atoms with Crippen molar-refractivity contribution in [1.82, 2.24) is 9.88 Å². The molecule has 0 bridgehead atoms. The highest BCUT2D eigenvalue weighted by Crippen LogP contribution is 2.28. The number of benzene rings is 1. The van der Waals surface area contributed by atoms with Crippen molar-refractivity contribution in [3.8, 4) is 0 Å². The van der Waals surface area contributed by atoms with Gasteiger partial charge in [0.25, 0.3) is 0 Å². The Bertz CT molecular complexity index is 562. The van der Waals surface area contributed by atoms with Crippen molar-refractivity contribution < 1.29 is 4.79 Å². The molecule has 2 amide bonds. The van der Waals surface area contributed by atoms with Gasteiger partial charge in [-0.1, -0.05) is 17.4 Å². The molecule has 0 radical (unpaired) electrons. The molecule has 1 heterocycles. The molecule has 0 atom stereocenters. The standard InChI is InChI=1S/C12H15N3OS/c1-8-5-6-10-9(7-8)13-11(17-10)15(4)12(16)14(2)3/h5-7H,1-4H3. The topological polar surface area (TPSA) is 36.4 Å². The van der Waals surface area contributed by atoms with E-state index in [1.165, 1.54) is 21.8 Å². The van der Waals surface area contributed by atoms with Gasteiger partial charge in [0.05, 0.1) is 10.2 Å². The first-order valence-electron chi connectivity index (χ1n) is 5.31. The lowest BCUT2D eigenvalue weighted by molar-refractivity contribution is 0.225. The Labute approximate surface area is 104 Å². The molecule has 0 saturated heterocycles. The van der Waals surface area contributed by atoms with E-state index in [2.05, 4.69) is 11.1 Å². The summed E-state index contributed by atoms with van der Waals surface area (Å²) in [6.07, 6.45) is 0. The number of hydrogen-bond acceptors (Lipinski definition) is 3. The number of rotatable bonds is 1. The molecule has 0 aliphatic carbocycles. The van der Waals surface area contributed by atoms with Crippen molar-refractivity contribution in [3.05, 3.63) is 23.8 Å². The Kier molecular flexibility index (Phi) is 3.02. The summed E-state index contributed by atoms with van der Waals surface area (Å²) in [5.74, 6) is 0. The fraction of sp³-hybridized carbons (Fsp3) is 0.333. The number of nitrogens with zero attached hydrogens (tertiary/aromatic N) is 3. The quantitative estimate of drug-likeness (QED) is 0.779. The van der Waals surface area contributed by atoms with E-state index in [4.69, 9.17) is 0 Å². The van der Waals surface area contributed by atoms with Crippen LogP contribution in [0.25, 0.3) is 10.2 Å². The molecule has 90 valence electrons. The molecule has 2 aromatic rings. The van der Waals surface area contributed by atoms with Crippen molar-refractivity contribution >= 4 is 32.7 Å². The van der Waals surface area contributed by atoms with Crippen LogP contribution in [0.4, 0.5) is 9.93 Å². The first-order valence-corrected chi connectivity index (χ1v) is 6.13. The average Bonchev–Trinajstić information content (AvgIpc) is 2.69. The molecular weight excluding hydrogens is 234 g/mol. The van der Waals surface area contributed by atoms with Gasteiger partial charge in [-0.25, -0.2) is 9.78 Å². The minimum atomic E-state index is -0.0687. The Morgan fingerprint density at radius 1 is 1.29 bits per heavy atom. The summed E-state index contributed by atoms with van der Waals surface area (Å²) in [6, 6.07) is 6.06. The first-order chi connectivity index (χ1) is 7.99. The van der Waals surface area contributed by atoms with Crippen LogP contribution in [0.3, 0.4) is 0 Å². The van der Waals surface area contributed by atoms with E-state index in [0.717, 1.165) is 15.3 Å². The third-order valence-corrected chi connectivity index (χ3v) is 3.60. The summed E-state index contributed by atoms with van der Waals surface area (Å²) in [4.78, 5) is 19.4. The van der Waals surface area contributed by atoms with E-state index < -0.39 is 0 Å². The van der Waals surface area contributed by atoms with Crippen LogP contribution in [0.15, 0.2) is 18.2 Å². The molecule has 0 spiro atoms. The second-order valence-electron chi connectivity index (χ2n) is 4.20. The molecule has 1 aromatic heterocycles. The number of thiazole rings is 1. The van der Waals surface area contributed by atoms with Gasteiger partial charge in [0.15, 0.2) is 5.13 Å². The van der Waals surface area contributed by atoms with Crippen LogP contribution in [0.1, 0.15) is 5.56 Å². The van der Waals surface area contributed by atoms with Crippen LogP contribution in [0, 0.1) is 6.92 Å². The van der Waals surface area contributed by atoms with Crippen molar-refractivity contribution in [2.45, 2.75) is 6.92 Å². The van der Waals surface area contributed by atoms with Crippen LogP contribution < -0.4 is 4.90 Å². The SMILES string of the molecule is Cc1ccc2sc(N(C)C(=O)N(C)C)nc2c1. The van der Waals surface area contributed by atoms with Crippen molar-refractivity contribution in [3.63, 3.8) is 0 Å². The van der Waals surface area contributed by atoms with E-state index >= 15 is 0 Å². The molecular formula is C12H15N3OS. The highest BCUT2D eigenvalue weighted by molar-refractivity contribution is 7.22. The Morgan fingerprint density at radius 3 is 2.65 bits per heavy atom. The predicted octanol–water partition coefficient (Wildman–Crippen LogP) is 2.72. The summed E-state index contributed by atoms with van der Waals surface area (Å²) < 4.78 is 1.10. The lowest BCUT2D eigenvalue weighted by Crippen LogP contribution is -2.36. The fourth-order valence-corrected chi connectivity index (χ4v) is 2.45. The van der Waals surface area contributed by atoms with Crippen molar-refractivity contribution in [1.29, 1.82) is 0 Å². The van der Waals surface area contributed by atoms with Gasteiger partial charge >= 0.3 is 6.03 Å². The van der Waals surface area contributed by atoms with Gasteiger partial charge in [-0.05, 0) is 24.6 Å². The molecule has 2 rings (SSSR count). The largest absolute Gasteiger partial charge is 0.330 e. The Hall–Kier alpha value is -1.62. The molecule has 1 aromatic carbocycles. The number of fused-ring (bicyclic) bond motifs is 1. The monoisotopic (exact) mass is 249 g/mol. The zero-order chi connectivity index (χ0) is 12.6. The van der Waals surface area contributed by atoms with Gasteiger partial charge in [0.1, 0.15) is 0 Å². The number of aryl methyl sites for hydroxylation is 1. The number of hydrogen-bond donors (Lipinski definition) is 0.